The molecule has 37 heavy (non-hydrogen) atoms. The highest BCUT2D eigenvalue weighted by atomic mass is 35.5. The second kappa shape index (κ2) is 12.4. The average Bonchev–Trinajstić information content (AvgIpc) is 2.90. The van der Waals surface area contributed by atoms with E-state index in [-0.39, 0.29) is 23.0 Å². The molecule has 0 aliphatic heterocycles. The zero-order valence-electron chi connectivity index (χ0n) is 20.8. The molecule has 0 bridgehead atoms. The molecule has 10 heteroatoms. The van der Waals surface area contributed by atoms with Gasteiger partial charge < -0.3 is 10.2 Å². The summed E-state index contributed by atoms with van der Waals surface area (Å²) < 4.78 is 28.5. The van der Waals surface area contributed by atoms with Gasteiger partial charge in [0.15, 0.2) is 0 Å². The van der Waals surface area contributed by atoms with E-state index in [2.05, 4.69) is 5.32 Å². The van der Waals surface area contributed by atoms with Gasteiger partial charge in [0.25, 0.3) is 10.0 Å². The summed E-state index contributed by atoms with van der Waals surface area (Å²) in [4.78, 5) is 28.0. The van der Waals surface area contributed by atoms with E-state index in [0.29, 0.717) is 16.5 Å². The third kappa shape index (κ3) is 6.83. The fourth-order valence-electron chi connectivity index (χ4n) is 3.86. The molecule has 2 amide bonds. The first-order valence-corrected chi connectivity index (χ1v) is 13.9. The molecule has 0 saturated heterocycles. The lowest BCUT2D eigenvalue weighted by atomic mass is 10.1. The highest BCUT2D eigenvalue weighted by Crippen LogP contribution is 2.28. The van der Waals surface area contributed by atoms with Gasteiger partial charge in [-0.15, -0.1) is 0 Å². The minimum absolute atomic E-state index is 0.0297. The molecule has 1 atom stereocenters. The van der Waals surface area contributed by atoms with Crippen LogP contribution in [0.15, 0.2) is 77.7 Å². The van der Waals surface area contributed by atoms with E-state index in [1.807, 2.05) is 0 Å². The van der Waals surface area contributed by atoms with Gasteiger partial charge in [-0.2, -0.15) is 0 Å². The van der Waals surface area contributed by atoms with Gasteiger partial charge in [-0.25, -0.2) is 8.42 Å². The molecular weight excluding hydrogens is 533 g/mol. The zero-order valence-corrected chi connectivity index (χ0v) is 23.1. The Labute approximate surface area is 228 Å². The highest BCUT2D eigenvalue weighted by molar-refractivity contribution is 7.92. The largest absolute Gasteiger partial charge is 0.357 e. The van der Waals surface area contributed by atoms with Crippen LogP contribution in [-0.2, 0) is 26.2 Å². The van der Waals surface area contributed by atoms with Crippen molar-refractivity contribution in [3.05, 3.63) is 94.0 Å². The summed E-state index contributed by atoms with van der Waals surface area (Å²) >= 11 is 12.3. The molecule has 0 aliphatic carbocycles. The molecule has 1 N–H and O–H groups in total. The van der Waals surface area contributed by atoms with E-state index in [9.17, 15) is 18.0 Å². The van der Waals surface area contributed by atoms with Gasteiger partial charge in [0.1, 0.15) is 12.6 Å². The molecule has 3 aromatic rings. The molecule has 3 rings (SSSR count). The van der Waals surface area contributed by atoms with Gasteiger partial charge in [0.2, 0.25) is 11.8 Å². The maximum absolute atomic E-state index is 13.8. The Morgan fingerprint density at radius 1 is 0.973 bits per heavy atom. The number of hydrogen-bond donors (Lipinski definition) is 1. The third-order valence-electron chi connectivity index (χ3n) is 5.95. The zero-order chi connectivity index (χ0) is 27.2. The number of carbonyl (C=O) groups excluding carboxylic acids is 2. The number of likely N-dealkylation sites (N-methyl/N-ethyl adjacent to an activating group) is 1. The molecule has 7 nitrogen and oxygen atoms in total. The highest BCUT2D eigenvalue weighted by Gasteiger charge is 2.33. The van der Waals surface area contributed by atoms with Crippen LogP contribution < -0.4 is 9.62 Å². The fourth-order valence-corrected chi connectivity index (χ4v) is 5.59. The molecule has 0 radical (unpaired) electrons. The summed E-state index contributed by atoms with van der Waals surface area (Å²) in [5.74, 6) is -0.887. The lowest BCUT2D eigenvalue weighted by Crippen LogP contribution is -2.51. The molecule has 0 unspecified atom stereocenters. The summed E-state index contributed by atoms with van der Waals surface area (Å²) in [6, 6.07) is 18.8. The summed E-state index contributed by atoms with van der Waals surface area (Å²) in [5, 5.41) is 3.50. The van der Waals surface area contributed by atoms with E-state index < -0.39 is 28.5 Å². The number of halogens is 2. The van der Waals surface area contributed by atoms with Crippen LogP contribution in [-0.4, -0.2) is 44.8 Å². The van der Waals surface area contributed by atoms with Gasteiger partial charge in [0.05, 0.1) is 10.6 Å². The summed E-state index contributed by atoms with van der Waals surface area (Å²) in [7, 11) is -2.64. The number of benzene rings is 3. The average molecular weight is 563 g/mol. The van der Waals surface area contributed by atoms with Crippen LogP contribution in [0.2, 0.25) is 10.0 Å². The third-order valence-corrected chi connectivity index (χ3v) is 8.40. The Bertz CT molecular complexity index is 1350. The van der Waals surface area contributed by atoms with Crippen molar-refractivity contribution in [3.63, 3.8) is 0 Å². The first-order chi connectivity index (χ1) is 17.6. The van der Waals surface area contributed by atoms with Crippen molar-refractivity contribution in [1.29, 1.82) is 0 Å². The molecule has 0 aromatic heterocycles. The predicted octanol–water partition coefficient (Wildman–Crippen LogP) is 5.05. The number of amides is 2. The molecule has 0 aliphatic rings. The van der Waals surface area contributed by atoms with Crippen molar-refractivity contribution in [2.24, 2.45) is 0 Å². The van der Waals surface area contributed by atoms with E-state index in [4.69, 9.17) is 23.2 Å². The summed E-state index contributed by atoms with van der Waals surface area (Å²) in [6.07, 6.45) is 0.334. The van der Waals surface area contributed by atoms with Crippen molar-refractivity contribution in [2.45, 2.75) is 37.8 Å². The van der Waals surface area contributed by atoms with Gasteiger partial charge in [-0.1, -0.05) is 66.5 Å². The van der Waals surface area contributed by atoms with E-state index in [1.165, 1.54) is 30.1 Å². The predicted molar refractivity (Wildman–Crippen MR) is 147 cm³/mol. The molecule has 196 valence electrons. The van der Waals surface area contributed by atoms with Gasteiger partial charge >= 0.3 is 0 Å². The van der Waals surface area contributed by atoms with Crippen molar-refractivity contribution >= 4 is 50.7 Å². The van der Waals surface area contributed by atoms with Crippen molar-refractivity contribution in [2.75, 3.05) is 17.9 Å². The normalized spacial score (nSPS) is 12.0. The SMILES string of the molecule is CC[C@H](C(=O)NC)N(Cc1ccc(Cl)cc1)C(=O)CN(c1ccc(C)c(Cl)c1)S(=O)(=O)c1ccccc1. The Balaban J connectivity index is 2.06. The minimum Gasteiger partial charge on any atom is -0.357 e. The molecule has 0 fully saturated rings. The molecule has 3 aromatic carbocycles. The Hall–Kier alpha value is -3.07. The Kier molecular flexibility index (Phi) is 9.59. The topological polar surface area (TPSA) is 86.8 Å². The summed E-state index contributed by atoms with van der Waals surface area (Å²) in [5.41, 5.74) is 1.76. The summed E-state index contributed by atoms with van der Waals surface area (Å²) in [6.45, 7) is 3.16. The first-order valence-electron chi connectivity index (χ1n) is 11.7. The van der Waals surface area contributed by atoms with Crippen LogP contribution in [0.3, 0.4) is 0 Å². The van der Waals surface area contributed by atoms with Crippen LogP contribution in [0.4, 0.5) is 5.69 Å². The minimum atomic E-state index is -4.14. The van der Waals surface area contributed by atoms with Crippen LogP contribution in [0, 0.1) is 6.92 Å². The van der Waals surface area contributed by atoms with Gasteiger partial charge in [0, 0.05) is 23.6 Å². The maximum Gasteiger partial charge on any atom is 0.264 e. The maximum atomic E-state index is 13.8. The number of nitrogens with zero attached hydrogens (tertiary/aromatic N) is 2. The number of aryl methyl sites for hydroxylation is 1. The molecular formula is C27H29Cl2N3O4S. The Morgan fingerprint density at radius 2 is 1.62 bits per heavy atom. The van der Waals surface area contributed by atoms with Crippen LogP contribution in [0.1, 0.15) is 24.5 Å². The van der Waals surface area contributed by atoms with Crippen LogP contribution >= 0.6 is 23.2 Å². The first kappa shape index (κ1) is 28.5. The van der Waals surface area contributed by atoms with Gasteiger partial charge in [-0.3, -0.25) is 13.9 Å². The number of rotatable bonds is 10. The van der Waals surface area contributed by atoms with E-state index >= 15 is 0 Å². The smallest absolute Gasteiger partial charge is 0.264 e. The second-order valence-corrected chi connectivity index (χ2v) is 11.2. The van der Waals surface area contributed by atoms with Crippen molar-refractivity contribution in [3.8, 4) is 0 Å². The number of sulfonamides is 1. The van der Waals surface area contributed by atoms with E-state index in [0.717, 1.165) is 15.4 Å². The van der Waals surface area contributed by atoms with Crippen molar-refractivity contribution in [1.82, 2.24) is 10.2 Å². The second-order valence-electron chi connectivity index (χ2n) is 8.44. The fraction of sp³-hybridized carbons (Fsp3) is 0.259. The van der Waals surface area contributed by atoms with Crippen molar-refractivity contribution < 1.29 is 18.0 Å². The number of hydrogen-bond acceptors (Lipinski definition) is 4. The lowest BCUT2D eigenvalue weighted by molar-refractivity contribution is -0.140. The number of carbonyl (C=O) groups is 2. The van der Waals surface area contributed by atoms with Crippen LogP contribution in [0.25, 0.3) is 0 Å². The Morgan fingerprint density at radius 3 is 2.19 bits per heavy atom. The standard InChI is InChI=1S/C27H29Cl2N3O4S/c1-4-25(27(34)30-3)31(17-20-11-13-21(28)14-12-20)26(33)18-32(22-15-10-19(2)24(29)16-22)37(35,36)23-8-6-5-7-9-23/h5-16,25H,4,17-18H2,1-3H3,(H,30,34)/t25-/m1/s1. The molecule has 0 saturated carbocycles. The monoisotopic (exact) mass is 561 g/mol. The van der Waals surface area contributed by atoms with Crippen LogP contribution in [0.5, 0.6) is 0 Å². The lowest BCUT2D eigenvalue weighted by Gasteiger charge is -2.33. The molecule has 0 heterocycles. The number of anilines is 1. The quantitative estimate of drug-likeness (QED) is 0.375. The molecule has 0 spiro atoms. The number of nitrogens with one attached hydrogen (secondary N) is 1. The van der Waals surface area contributed by atoms with Gasteiger partial charge in [-0.05, 0) is 60.9 Å². The van der Waals surface area contributed by atoms with E-state index in [1.54, 1.807) is 68.4 Å².